The first-order chi connectivity index (χ1) is 9.72. The van der Waals surface area contributed by atoms with E-state index >= 15 is 0 Å². The lowest BCUT2D eigenvalue weighted by Crippen LogP contribution is -2.18. The topological polar surface area (TPSA) is 56.0 Å². The molecule has 2 rings (SSSR count). The molecule has 2 aromatic rings. The van der Waals surface area contributed by atoms with Crippen LogP contribution in [0.1, 0.15) is 35.2 Å². The first-order valence-corrected chi connectivity index (χ1v) is 6.65. The van der Waals surface area contributed by atoms with Gasteiger partial charge in [-0.15, -0.1) is 0 Å². The Morgan fingerprint density at radius 2 is 1.85 bits per heavy atom. The Labute approximate surface area is 119 Å². The number of nitrogens with zero attached hydrogens (tertiary/aromatic N) is 1. The summed E-state index contributed by atoms with van der Waals surface area (Å²) in [6.45, 7) is 2.91. The molecule has 0 bridgehead atoms. The average Bonchev–Trinajstić information content (AvgIpc) is 2.53. The van der Waals surface area contributed by atoms with Crippen molar-refractivity contribution in [1.82, 2.24) is 5.32 Å². The van der Waals surface area contributed by atoms with Gasteiger partial charge in [0, 0.05) is 12.6 Å². The van der Waals surface area contributed by atoms with Gasteiger partial charge in [0.1, 0.15) is 0 Å². The molecular formula is C17H18N2O. The molecule has 0 fully saturated rings. The van der Waals surface area contributed by atoms with E-state index in [-0.39, 0.29) is 12.6 Å². The molecule has 1 unspecified atom stereocenters. The quantitative estimate of drug-likeness (QED) is 0.875. The SMILES string of the molecule is CC(NCc1cccc(CO)c1)c1ccc(C#N)cc1. The summed E-state index contributed by atoms with van der Waals surface area (Å²) >= 11 is 0. The molecule has 0 amide bonds. The van der Waals surface area contributed by atoms with Crippen molar-refractivity contribution >= 4 is 0 Å². The van der Waals surface area contributed by atoms with Crippen LogP contribution < -0.4 is 5.32 Å². The highest BCUT2D eigenvalue weighted by atomic mass is 16.3. The predicted molar refractivity (Wildman–Crippen MR) is 78.8 cm³/mol. The number of aliphatic hydroxyl groups excluding tert-OH is 1. The van der Waals surface area contributed by atoms with Crippen LogP contribution in [-0.4, -0.2) is 5.11 Å². The Morgan fingerprint density at radius 1 is 1.15 bits per heavy atom. The largest absolute Gasteiger partial charge is 0.392 e. The van der Waals surface area contributed by atoms with Crippen LogP contribution in [0.25, 0.3) is 0 Å². The summed E-state index contributed by atoms with van der Waals surface area (Å²) in [6.07, 6.45) is 0. The number of rotatable bonds is 5. The summed E-state index contributed by atoms with van der Waals surface area (Å²) in [7, 11) is 0. The van der Waals surface area contributed by atoms with Gasteiger partial charge in [0.05, 0.1) is 18.2 Å². The Hall–Kier alpha value is -2.15. The van der Waals surface area contributed by atoms with Crippen LogP contribution in [0.15, 0.2) is 48.5 Å². The molecule has 2 N–H and O–H groups in total. The van der Waals surface area contributed by atoms with Gasteiger partial charge in [-0.1, -0.05) is 36.4 Å². The first kappa shape index (κ1) is 14.3. The van der Waals surface area contributed by atoms with Crippen LogP contribution in [0.5, 0.6) is 0 Å². The zero-order chi connectivity index (χ0) is 14.4. The Morgan fingerprint density at radius 3 is 2.50 bits per heavy atom. The molecule has 20 heavy (non-hydrogen) atoms. The van der Waals surface area contributed by atoms with Gasteiger partial charge in [-0.2, -0.15) is 5.26 Å². The van der Waals surface area contributed by atoms with Gasteiger partial charge in [0.15, 0.2) is 0 Å². The monoisotopic (exact) mass is 266 g/mol. The number of hydrogen-bond acceptors (Lipinski definition) is 3. The lowest BCUT2D eigenvalue weighted by Gasteiger charge is -2.14. The lowest BCUT2D eigenvalue weighted by atomic mass is 10.1. The Balaban J connectivity index is 1.97. The van der Waals surface area contributed by atoms with Crippen LogP contribution in [0.2, 0.25) is 0 Å². The van der Waals surface area contributed by atoms with E-state index in [1.54, 1.807) is 0 Å². The van der Waals surface area contributed by atoms with Crippen LogP contribution in [-0.2, 0) is 13.2 Å². The van der Waals surface area contributed by atoms with E-state index in [4.69, 9.17) is 10.4 Å². The van der Waals surface area contributed by atoms with Crippen molar-refractivity contribution in [3.63, 3.8) is 0 Å². The standard InChI is InChI=1S/C17H18N2O/c1-13(17-7-5-14(10-18)6-8-17)19-11-15-3-2-4-16(9-15)12-20/h2-9,13,19-20H,11-12H2,1H3. The summed E-state index contributed by atoms with van der Waals surface area (Å²) in [5.41, 5.74) is 3.91. The molecule has 0 aliphatic carbocycles. The fourth-order valence-corrected chi connectivity index (χ4v) is 2.07. The third-order valence-corrected chi connectivity index (χ3v) is 3.33. The molecular weight excluding hydrogens is 248 g/mol. The molecule has 0 saturated heterocycles. The molecule has 2 aromatic carbocycles. The summed E-state index contributed by atoms with van der Waals surface area (Å²) in [5.74, 6) is 0. The van der Waals surface area contributed by atoms with Crippen molar-refractivity contribution in [2.45, 2.75) is 26.1 Å². The van der Waals surface area contributed by atoms with Crippen molar-refractivity contribution in [1.29, 1.82) is 5.26 Å². The normalized spacial score (nSPS) is 11.8. The van der Waals surface area contributed by atoms with Gasteiger partial charge in [0.25, 0.3) is 0 Å². The number of nitriles is 1. The first-order valence-electron chi connectivity index (χ1n) is 6.65. The van der Waals surface area contributed by atoms with Crippen LogP contribution in [0.4, 0.5) is 0 Å². The number of nitrogens with one attached hydrogen (secondary N) is 1. The highest BCUT2D eigenvalue weighted by Gasteiger charge is 2.05. The van der Waals surface area contributed by atoms with E-state index < -0.39 is 0 Å². The third kappa shape index (κ3) is 3.67. The zero-order valence-electron chi connectivity index (χ0n) is 11.5. The number of benzene rings is 2. The zero-order valence-corrected chi connectivity index (χ0v) is 11.5. The van der Waals surface area contributed by atoms with E-state index in [9.17, 15) is 0 Å². The Kier molecular flexibility index (Phi) is 4.89. The van der Waals surface area contributed by atoms with Crippen molar-refractivity contribution < 1.29 is 5.11 Å². The van der Waals surface area contributed by atoms with Crippen molar-refractivity contribution in [2.75, 3.05) is 0 Å². The smallest absolute Gasteiger partial charge is 0.0991 e. The maximum absolute atomic E-state index is 9.12. The van der Waals surface area contributed by atoms with Gasteiger partial charge in [-0.3, -0.25) is 0 Å². The minimum atomic E-state index is 0.0685. The molecule has 0 aromatic heterocycles. The molecule has 102 valence electrons. The van der Waals surface area contributed by atoms with Gasteiger partial charge >= 0.3 is 0 Å². The highest BCUT2D eigenvalue weighted by Crippen LogP contribution is 2.14. The van der Waals surface area contributed by atoms with E-state index in [0.717, 1.165) is 23.2 Å². The summed E-state index contributed by atoms with van der Waals surface area (Å²) < 4.78 is 0. The molecule has 0 aliphatic rings. The maximum atomic E-state index is 9.12. The highest BCUT2D eigenvalue weighted by molar-refractivity contribution is 5.32. The van der Waals surface area contributed by atoms with Gasteiger partial charge < -0.3 is 10.4 Å². The van der Waals surface area contributed by atoms with Gasteiger partial charge in [-0.05, 0) is 35.7 Å². The molecule has 3 heteroatoms. The summed E-state index contributed by atoms with van der Waals surface area (Å²) in [6, 6.07) is 17.8. The second-order valence-electron chi connectivity index (χ2n) is 4.81. The fourth-order valence-electron chi connectivity index (χ4n) is 2.07. The summed E-state index contributed by atoms with van der Waals surface area (Å²) in [5, 5.41) is 21.3. The van der Waals surface area contributed by atoms with Gasteiger partial charge in [0.2, 0.25) is 0 Å². The minimum Gasteiger partial charge on any atom is -0.392 e. The molecule has 0 heterocycles. The van der Waals surface area contributed by atoms with Crippen LogP contribution in [0, 0.1) is 11.3 Å². The number of aliphatic hydroxyl groups is 1. The van der Waals surface area contributed by atoms with Crippen molar-refractivity contribution in [3.8, 4) is 6.07 Å². The minimum absolute atomic E-state index is 0.0685. The molecule has 1 atom stereocenters. The summed E-state index contributed by atoms with van der Waals surface area (Å²) in [4.78, 5) is 0. The molecule has 3 nitrogen and oxygen atoms in total. The molecule has 0 saturated carbocycles. The average molecular weight is 266 g/mol. The van der Waals surface area contributed by atoms with Crippen molar-refractivity contribution in [2.24, 2.45) is 0 Å². The van der Waals surface area contributed by atoms with E-state index in [1.807, 2.05) is 48.5 Å². The predicted octanol–water partition coefficient (Wildman–Crippen LogP) is 2.90. The molecule has 0 radical (unpaired) electrons. The molecule has 0 aliphatic heterocycles. The fraction of sp³-hybridized carbons (Fsp3) is 0.235. The Bertz CT molecular complexity index is 599. The second-order valence-corrected chi connectivity index (χ2v) is 4.81. The van der Waals surface area contributed by atoms with Crippen LogP contribution in [0.3, 0.4) is 0 Å². The van der Waals surface area contributed by atoms with E-state index in [2.05, 4.69) is 18.3 Å². The molecule has 0 spiro atoms. The van der Waals surface area contributed by atoms with E-state index in [0.29, 0.717) is 5.56 Å². The lowest BCUT2D eigenvalue weighted by molar-refractivity contribution is 0.281. The van der Waals surface area contributed by atoms with Crippen LogP contribution >= 0.6 is 0 Å². The second kappa shape index (κ2) is 6.85. The van der Waals surface area contributed by atoms with Crippen molar-refractivity contribution in [3.05, 3.63) is 70.8 Å². The number of hydrogen-bond donors (Lipinski definition) is 2. The maximum Gasteiger partial charge on any atom is 0.0991 e. The van der Waals surface area contributed by atoms with Gasteiger partial charge in [-0.25, -0.2) is 0 Å². The third-order valence-electron chi connectivity index (χ3n) is 3.33. The van der Waals surface area contributed by atoms with E-state index in [1.165, 1.54) is 0 Å².